The molecule has 0 spiro atoms. The third-order valence-corrected chi connectivity index (χ3v) is 2.90. The topological polar surface area (TPSA) is 29.1 Å². The Morgan fingerprint density at radius 3 is 2.53 bits per heavy atom. The van der Waals surface area contributed by atoms with E-state index in [0.29, 0.717) is 5.56 Å². The van der Waals surface area contributed by atoms with Crippen LogP contribution in [0.4, 0.5) is 4.39 Å². The van der Waals surface area contributed by atoms with Crippen molar-refractivity contribution in [1.29, 1.82) is 0 Å². The number of nitrogens with one attached hydrogen (secondary N) is 1. The predicted molar refractivity (Wildman–Crippen MR) is 61.7 cm³/mol. The van der Waals surface area contributed by atoms with Crippen LogP contribution in [0, 0.1) is 5.82 Å². The highest BCUT2D eigenvalue weighted by Gasteiger charge is 2.10. The summed E-state index contributed by atoms with van der Waals surface area (Å²) in [5, 5.41) is 3.56. The summed E-state index contributed by atoms with van der Waals surface area (Å²) < 4.78 is 12.6. The maximum atomic E-state index is 12.6. The lowest BCUT2D eigenvalue weighted by molar-refractivity contribution is 0.0940. The molecule has 15 heavy (non-hydrogen) atoms. The summed E-state index contributed by atoms with van der Waals surface area (Å²) in [4.78, 5) is 11.6. The standard InChI is InChI=1S/C11H13BrFNO/c1-2-10(7-12)14-11(15)8-3-5-9(13)6-4-8/h3-6,10H,2,7H2,1H3,(H,14,15). The van der Waals surface area contributed by atoms with E-state index in [9.17, 15) is 9.18 Å². The van der Waals surface area contributed by atoms with Gasteiger partial charge in [-0.25, -0.2) is 4.39 Å². The summed E-state index contributed by atoms with van der Waals surface area (Å²) in [6.07, 6.45) is 0.859. The Labute approximate surface area is 97.0 Å². The van der Waals surface area contributed by atoms with Crippen molar-refractivity contribution in [2.45, 2.75) is 19.4 Å². The Morgan fingerprint density at radius 2 is 2.07 bits per heavy atom. The number of alkyl halides is 1. The Hall–Kier alpha value is -0.900. The van der Waals surface area contributed by atoms with Crippen LogP contribution in [-0.4, -0.2) is 17.3 Å². The van der Waals surface area contributed by atoms with Crippen LogP contribution in [0.5, 0.6) is 0 Å². The van der Waals surface area contributed by atoms with Crippen molar-refractivity contribution in [1.82, 2.24) is 5.32 Å². The van der Waals surface area contributed by atoms with Gasteiger partial charge >= 0.3 is 0 Å². The molecular formula is C11H13BrFNO. The molecule has 2 nitrogen and oxygen atoms in total. The van der Waals surface area contributed by atoms with Crippen molar-refractivity contribution in [3.8, 4) is 0 Å². The fraction of sp³-hybridized carbons (Fsp3) is 0.364. The van der Waals surface area contributed by atoms with Crippen molar-refractivity contribution in [2.24, 2.45) is 0 Å². The summed E-state index contributed by atoms with van der Waals surface area (Å²) in [6.45, 7) is 2.00. The summed E-state index contributed by atoms with van der Waals surface area (Å²) in [5.74, 6) is -0.500. The number of carbonyl (C=O) groups excluding carboxylic acids is 1. The molecular weight excluding hydrogens is 261 g/mol. The average molecular weight is 274 g/mol. The van der Waals surface area contributed by atoms with E-state index in [2.05, 4.69) is 21.2 Å². The molecule has 0 saturated carbocycles. The Balaban J connectivity index is 2.64. The molecule has 4 heteroatoms. The number of hydrogen-bond acceptors (Lipinski definition) is 1. The highest BCUT2D eigenvalue weighted by molar-refractivity contribution is 9.09. The van der Waals surface area contributed by atoms with Gasteiger partial charge in [0.1, 0.15) is 5.82 Å². The Morgan fingerprint density at radius 1 is 1.47 bits per heavy atom. The largest absolute Gasteiger partial charge is 0.348 e. The van der Waals surface area contributed by atoms with Gasteiger partial charge in [-0.1, -0.05) is 22.9 Å². The molecule has 0 radical (unpaired) electrons. The van der Waals surface area contributed by atoms with Crippen molar-refractivity contribution in [3.63, 3.8) is 0 Å². The van der Waals surface area contributed by atoms with E-state index < -0.39 is 0 Å². The van der Waals surface area contributed by atoms with Gasteiger partial charge in [-0.3, -0.25) is 4.79 Å². The van der Waals surface area contributed by atoms with Gasteiger partial charge in [-0.05, 0) is 30.7 Å². The second-order valence-electron chi connectivity index (χ2n) is 3.24. The molecule has 1 amide bonds. The van der Waals surface area contributed by atoms with Gasteiger partial charge in [0.25, 0.3) is 5.91 Å². The van der Waals surface area contributed by atoms with Crippen LogP contribution in [0.2, 0.25) is 0 Å². The molecule has 1 aromatic rings. The zero-order valence-electron chi connectivity index (χ0n) is 8.47. The molecule has 0 aromatic heterocycles. The maximum Gasteiger partial charge on any atom is 0.251 e. The van der Waals surface area contributed by atoms with E-state index in [4.69, 9.17) is 0 Å². The molecule has 0 bridgehead atoms. The minimum absolute atomic E-state index is 0.113. The van der Waals surface area contributed by atoms with Crippen molar-refractivity contribution in [3.05, 3.63) is 35.6 Å². The van der Waals surface area contributed by atoms with Crippen LogP contribution in [-0.2, 0) is 0 Å². The molecule has 1 unspecified atom stereocenters. The third-order valence-electron chi connectivity index (χ3n) is 2.12. The normalized spacial score (nSPS) is 12.2. The molecule has 1 aromatic carbocycles. The zero-order chi connectivity index (χ0) is 11.3. The van der Waals surface area contributed by atoms with Crippen LogP contribution in [0.3, 0.4) is 0 Å². The SMILES string of the molecule is CCC(CBr)NC(=O)c1ccc(F)cc1. The van der Waals surface area contributed by atoms with Crippen LogP contribution in [0.1, 0.15) is 23.7 Å². The average Bonchev–Trinajstić information content (AvgIpc) is 2.26. The summed E-state index contributed by atoms with van der Waals surface area (Å²) in [6, 6.07) is 5.63. The summed E-state index contributed by atoms with van der Waals surface area (Å²) in [7, 11) is 0. The van der Waals surface area contributed by atoms with Gasteiger partial charge in [-0.15, -0.1) is 0 Å². The second-order valence-corrected chi connectivity index (χ2v) is 3.89. The summed E-state index contributed by atoms with van der Waals surface area (Å²) >= 11 is 3.31. The molecule has 0 aliphatic carbocycles. The number of carbonyl (C=O) groups is 1. The first kappa shape index (κ1) is 12.2. The molecule has 0 heterocycles. The molecule has 1 rings (SSSR count). The molecule has 0 fully saturated rings. The quantitative estimate of drug-likeness (QED) is 0.840. The number of rotatable bonds is 4. The fourth-order valence-corrected chi connectivity index (χ4v) is 1.74. The van der Waals surface area contributed by atoms with Gasteiger partial charge in [0.2, 0.25) is 0 Å². The summed E-state index contributed by atoms with van der Waals surface area (Å²) in [5.41, 5.74) is 0.482. The lowest BCUT2D eigenvalue weighted by Crippen LogP contribution is -2.35. The van der Waals surface area contributed by atoms with Gasteiger partial charge in [0, 0.05) is 16.9 Å². The Kier molecular flexibility index (Phi) is 4.75. The van der Waals surface area contributed by atoms with Gasteiger partial charge in [-0.2, -0.15) is 0 Å². The first-order valence-electron chi connectivity index (χ1n) is 4.79. The maximum absolute atomic E-state index is 12.6. The molecule has 1 atom stereocenters. The van der Waals surface area contributed by atoms with Crippen LogP contribution < -0.4 is 5.32 Å². The van der Waals surface area contributed by atoms with Crippen LogP contribution in [0.25, 0.3) is 0 Å². The molecule has 82 valence electrons. The van der Waals surface area contributed by atoms with Crippen LogP contribution >= 0.6 is 15.9 Å². The monoisotopic (exact) mass is 273 g/mol. The number of amides is 1. The third kappa shape index (κ3) is 3.63. The van der Waals surface area contributed by atoms with Crippen molar-refractivity contribution in [2.75, 3.05) is 5.33 Å². The second kappa shape index (κ2) is 5.85. The van der Waals surface area contributed by atoms with Crippen molar-refractivity contribution < 1.29 is 9.18 Å². The molecule has 0 saturated heterocycles. The fourth-order valence-electron chi connectivity index (χ4n) is 1.12. The van der Waals surface area contributed by atoms with Crippen LogP contribution in [0.15, 0.2) is 24.3 Å². The van der Waals surface area contributed by atoms with E-state index in [0.717, 1.165) is 11.8 Å². The van der Waals surface area contributed by atoms with Gasteiger partial charge < -0.3 is 5.32 Å². The first-order chi connectivity index (χ1) is 7.17. The highest BCUT2D eigenvalue weighted by atomic mass is 79.9. The van der Waals surface area contributed by atoms with Crippen molar-refractivity contribution >= 4 is 21.8 Å². The van der Waals surface area contributed by atoms with Gasteiger partial charge in [0.15, 0.2) is 0 Å². The molecule has 1 N–H and O–H groups in total. The Bertz CT molecular complexity index is 322. The zero-order valence-corrected chi connectivity index (χ0v) is 10.1. The van der Waals surface area contributed by atoms with E-state index >= 15 is 0 Å². The predicted octanol–water partition coefficient (Wildman–Crippen LogP) is 2.73. The smallest absolute Gasteiger partial charge is 0.251 e. The minimum atomic E-state index is -0.334. The lowest BCUT2D eigenvalue weighted by Gasteiger charge is -2.13. The number of benzene rings is 1. The van der Waals surface area contributed by atoms with E-state index in [-0.39, 0.29) is 17.8 Å². The molecule has 0 aliphatic rings. The number of hydrogen-bond donors (Lipinski definition) is 1. The minimum Gasteiger partial charge on any atom is -0.348 e. The lowest BCUT2D eigenvalue weighted by atomic mass is 10.2. The molecule has 0 aliphatic heterocycles. The highest BCUT2D eigenvalue weighted by Crippen LogP contribution is 2.04. The van der Waals surface area contributed by atoms with E-state index in [1.165, 1.54) is 24.3 Å². The van der Waals surface area contributed by atoms with E-state index in [1.54, 1.807) is 0 Å². The number of halogens is 2. The first-order valence-corrected chi connectivity index (χ1v) is 5.92. The van der Waals surface area contributed by atoms with Gasteiger partial charge in [0.05, 0.1) is 0 Å². The van der Waals surface area contributed by atoms with E-state index in [1.807, 2.05) is 6.92 Å².